The highest BCUT2D eigenvalue weighted by Crippen LogP contribution is 2.27. The molecule has 1 saturated heterocycles. The molecule has 2 aromatic heterocycles. The Labute approximate surface area is 92.5 Å². The summed E-state index contributed by atoms with van der Waals surface area (Å²) < 4.78 is 15.5. The highest BCUT2D eigenvalue weighted by molar-refractivity contribution is 5.39. The number of halogens is 1. The number of fused-ring (bicyclic) bond motifs is 1. The maximum Gasteiger partial charge on any atom is 0.158 e. The molecular formula is C11H13FN4. The van der Waals surface area contributed by atoms with Gasteiger partial charge in [-0.3, -0.25) is 0 Å². The average molecular weight is 220 g/mol. The van der Waals surface area contributed by atoms with Gasteiger partial charge >= 0.3 is 0 Å². The Morgan fingerprint density at radius 1 is 1.38 bits per heavy atom. The predicted octanol–water partition coefficient (Wildman–Crippen LogP) is 1.34. The van der Waals surface area contributed by atoms with E-state index < -0.39 is 0 Å². The summed E-state index contributed by atoms with van der Waals surface area (Å²) in [5, 5.41) is 7.32. The minimum atomic E-state index is -0.160. The molecule has 16 heavy (non-hydrogen) atoms. The number of aromatic nitrogens is 3. The zero-order chi connectivity index (χ0) is 11.0. The van der Waals surface area contributed by atoms with Crippen molar-refractivity contribution in [3.8, 4) is 0 Å². The summed E-state index contributed by atoms with van der Waals surface area (Å²) >= 11 is 0. The maximum atomic E-state index is 13.9. The van der Waals surface area contributed by atoms with Crippen LogP contribution in [0, 0.1) is 5.82 Å². The highest BCUT2D eigenvalue weighted by Gasteiger charge is 2.19. The van der Waals surface area contributed by atoms with Gasteiger partial charge in [0.15, 0.2) is 5.65 Å². The average Bonchev–Trinajstić information content (AvgIpc) is 2.76. The fourth-order valence-corrected chi connectivity index (χ4v) is 2.29. The van der Waals surface area contributed by atoms with Crippen LogP contribution in [0.2, 0.25) is 0 Å². The summed E-state index contributed by atoms with van der Waals surface area (Å²) in [7, 11) is 0. The first-order chi connectivity index (χ1) is 7.84. The van der Waals surface area contributed by atoms with E-state index in [-0.39, 0.29) is 5.82 Å². The van der Waals surface area contributed by atoms with E-state index in [0.29, 0.717) is 11.6 Å². The van der Waals surface area contributed by atoms with Crippen LogP contribution in [-0.4, -0.2) is 27.7 Å². The fourth-order valence-electron chi connectivity index (χ4n) is 2.29. The molecule has 0 spiro atoms. The second-order valence-electron chi connectivity index (χ2n) is 4.16. The minimum Gasteiger partial charge on any atom is -0.317 e. The van der Waals surface area contributed by atoms with E-state index >= 15 is 0 Å². The lowest BCUT2D eigenvalue weighted by Gasteiger charge is -2.23. The molecule has 3 heterocycles. The van der Waals surface area contributed by atoms with Crippen molar-refractivity contribution < 1.29 is 4.39 Å². The van der Waals surface area contributed by atoms with Gasteiger partial charge in [0.05, 0.1) is 0 Å². The third-order valence-corrected chi connectivity index (χ3v) is 3.17. The highest BCUT2D eigenvalue weighted by atomic mass is 19.1. The van der Waals surface area contributed by atoms with Crippen molar-refractivity contribution in [3.63, 3.8) is 0 Å². The first-order valence-electron chi connectivity index (χ1n) is 5.54. The van der Waals surface area contributed by atoms with Gasteiger partial charge in [-0.05, 0) is 31.8 Å². The largest absolute Gasteiger partial charge is 0.317 e. The Morgan fingerprint density at radius 2 is 2.19 bits per heavy atom. The van der Waals surface area contributed by atoms with Crippen LogP contribution in [0.3, 0.4) is 0 Å². The Hall–Kier alpha value is -1.49. The van der Waals surface area contributed by atoms with E-state index in [1.165, 1.54) is 12.4 Å². The monoisotopic (exact) mass is 220 g/mol. The van der Waals surface area contributed by atoms with Crippen molar-refractivity contribution in [2.75, 3.05) is 13.1 Å². The molecule has 3 rings (SSSR count). The van der Waals surface area contributed by atoms with E-state index in [2.05, 4.69) is 15.4 Å². The SMILES string of the molecule is Fc1cc2ncnn2cc1C1CCNCC1. The first-order valence-corrected chi connectivity index (χ1v) is 5.54. The molecule has 0 aromatic carbocycles. The Morgan fingerprint density at radius 3 is 3.00 bits per heavy atom. The smallest absolute Gasteiger partial charge is 0.158 e. The van der Waals surface area contributed by atoms with Crippen LogP contribution < -0.4 is 5.32 Å². The van der Waals surface area contributed by atoms with Crippen LogP contribution in [0.25, 0.3) is 5.65 Å². The summed E-state index contributed by atoms with van der Waals surface area (Å²) in [6.07, 6.45) is 5.18. The van der Waals surface area contributed by atoms with E-state index in [1.807, 2.05) is 0 Å². The van der Waals surface area contributed by atoms with Crippen LogP contribution in [0.5, 0.6) is 0 Å². The lowest BCUT2D eigenvalue weighted by molar-refractivity contribution is 0.443. The number of pyridine rings is 1. The predicted molar refractivity (Wildman–Crippen MR) is 57.8 cm³/mol. The lowest BCUT2D eigenvalue weighted by Crippen LogP contribution is -2.27. The van der Waals surface area contributed by atoms with Crippen LogP contribution >= 0.6 is 0 Å². The third-order valence-electron chi connectivity index (χ3n) is 3.17. The number of rotatable bonds is 1. The Bertz CT molecular complexity index is 502. The summed E-state index contributed by atoms with van der Waals surface area (Å²) in [5.41, 5.74) is 1.33. The molecule has 5 heteroatoms. The number of nitrogens with zero attached hydrogens (tertiary/aromatic N) is 3. The Kier molecular flexibility index (Phi) is 2.32. The van der Waals surface area contributed by atoms with Crippen molar-refractivity contribution >= 4 is 5.65 Å². The second-order valence-corrected chi connectivity index (χ2v) is 4.16. The van der Waals surface area contributed by atoms with E-state index in [0.717, 1.165) is 31.5 Å². The van der Waals surface area contributed by atoms with Gasteiger partial charge in [0.1, 0.15) is 12.1 Å². The van der Waals surface area contributed by atoms with Gasteiger partial charge in [-0.15, -0.1) is 0 Å². The molecule has 0 amide bonds. The normalized spacial score (nSPS) is 18.1. The zero-order valence-corrected chi connectivity index (χ0v) is 8.86. The molecule has 4 nitrogen and oxygen atoms in total. The van der Waals surface area contributed by atoms with Crippen LogP contribution in [0.4, 0.5) is 4.39 Å². The zero-order valence-electron chi connectivity index (χ0n) is 8.86. The fraction of sp³-hybridized carbons (Fsp3) is 0.455. The molecule has 1 N–H and O–H groups in total. The molecular weight excluding hydrogens is 207 g/mol. The number of nitrogens with one attached hydrogen (secondary N) is 1. The van der Waals surface area contributed by atoms with Gasteiger partial charge in [-0.25, -0.2) is 13.9 Å². The van der Waals surface area contributed by atoms with Gasteiger partial charge < -0.3 is 5.32 Å². The summed E-state index contributed by atoms with van der Waals surface area (Å²) in [4.78, 5) is 3.97. The molecule has 1 aliphatic rings. The van der Waals surface area contributed by atoms with Crippen LogP contribution in [0.15, 0.2) is 18.6 Å². The van der Waals surface area contributed by atoms with E-state index in [9.17, 15) is 4.39 Å². The number of hydrogen-bond acceptors (Lipinski definition) is 3. The molecule has 84 valence electrons. The third kappa shape index (κ3) is 1.57. The summed E-state index contributed by atoms with van der Waals surface area (Å²) in [6, 6.07) is 1.46. The quantitative estimate of drug-likeness (QED) is 0.788. The van der Waals surface area contributed by atoms with Gasteiger partial charge in [0.25, 0.3) is 0 Å². The molecule has 0 radical (unpaired) electrons. The van der Waals surface area contributed by atoms with Crippen LogP contribution in [0.1, 0.15) is 24.3 Å². The van der Waals surface area contributed by atoms with Crippen molar-refractivity contribution in [2.45, 2.75) is 18.8 Å². The van der Waals surface area contributed by atoms with Crippen molar-refractivity contribution in [2.24, 2.45) is 0 Å². The second kappa shape index (κ2) is 3.83. The number of hydrogen-bond donors (Lipinski definition) is 1. The van der Waals surface area contributed by atoms with Crippen molar-refractivity contribution in [1.82, 2.24) is 19.9 Å². The molecule has 0 aliphatic carbocycles. The van der Waals surface area contributed by atoms with Gasteiger partial charge in [-0.1, -0.05) is 0 Å². The number of piperidine rings is 1. The van der Waals surface area contributed by atoms with Crippen molar-refractivity contribution in [3.05, 3.63) is 30.0 Å². The van der Waals surface area contributed by atoms with Gasteiger partial charge in [-0.2, -0.15) is 5.10 Å². The summed E-state index contributed by atoms with van der Waals surface area (Å²) in [5.74, 6) is 0.141. The molecule has 2 aromatic rings. The lowest BCUT2D eigenvalue weighted by atomic mass is 9.91. The standard InChI is InChI=1S/C11H13FN4/c12-10-5-11-14-7-15-16(11)6-9(10)8-1-3-13-4-2-8/h5-8,13H,1-4H2. The van der Waals surface area contributed by atoms with Crippen molar-refractivity contribution in [1.29, 1.82) is 0 Å². The Balaban J connectivity index is 2.03. The molecule has 0 unspecified atom stereocenters. The topological polar surface area (TPSA) is 42.2 Å². The van der Waals surface area contributed by atoms with Gasteiger partial charge in [0.2, 0.25) is 0 Å². The van der Waals surface area contributed by atoms with Gasteiger partial charge in [0, 0.05) is 17.8 Å². The molecule has 0 saturated carbocycles. The van der Waals surface area contributed by atoms with Crippen LogP contribution in [-0.2, 0) is 0 Å². The summed E-state index contributed by atoms with van der Waals surface area (Å²) in [6.45, 7) is 1.92. The molecule has 0 atom stereocenters. The van der Waals surface area contributed by atoms with E-state index in [4.69, 9.17) is 0 Å². The molecule has 0 bridgehead atoms. The first kappa shape index (κ1) is 9.72. The maximum absolute atomic E-state index is 13.9. The minimum absolute atomic E-state index is 0.160. The molecule has 1 fully saturated rings. The molecule has 1 aliphatic heterocycles. The van der Waals surface area contributed by atoms with E-state index in [1.54, 1.807) is 10.7 Å².